The number of benzene rings is 1. The molecule has 1 aromatic carbocycles. The minimum absolute atomic E-state index is 0.394. The molecular formula is C12H17N5O. The topological polar surface area (TPSA) is 64.9 Å². The highest BCUT2D eigenvalue weighted by Gasteiger charge is 2.08. The van der Waals surface area contributed by atoms with E-state index in [0.717, 1.165) is 17.3 Å². The Labute approximate surface area is 106 Å². The lowest BCUT2D eigenvalue weighted by atomic mass is 10.3. The van der Waals surface area contributed by atoms with Crippen LogP contribution in [0.25, 0.3) is 5.69 Å². The van der Waals surface area contributed by atoms with Crippen LogP contribution in [-0.2, 0) is 6.54 Å². The first kappa shape index (κ1) is 12.5. The fraction of sp³-hybridized carbons (Fsp3) is 0.417. The van der Waals surface area contributed by atoms with E-state index in [1.54, 1.807) is 11.8 Å². The van der Waals surface area contributed by atoms with Gasteiger partial charge in [-0.3, -0.25) is 0 Å². The average molecular weight is 247 g/mol. The zero-order chi connectivity index (χ0) is 13.0. The number of tetrazole rings is 1. The van der Waals surface area contributed by atoms with Crippen molar-refractivity contribution in [1.29, 1.82) is 0 Å². The van der Waals surface area contributed by atoms with Crippen molar-refractivity contribution in [3.63, 3.8) is 0 Å². The molecule has 0 fully saturated rings. The summed E-state index contributed by atoms with van der Waals surface area (Å²) in [7, 11) is 1.64. The first-order valence-electron chi connectivity index (χ1n) is 5.86. The highest BCUT2D eigenvalue weighted by molar-refractivity contribution is 5.36. The van der Waals surface area contributed by atoms with Gasteiger partial charge in [-0.25, -0.2) is 0 Å². The Morgan fingerprint density at radius 2 is 2.00 bits per heavy atom. The summed E-state index contributed by atoms with van der Waals surface area (Å²) in [5, 5.41) is 15.0. The molecular weight excluding hydrogens is 230 g/mol. The van der Waals surface area contributed by atoms with Crippen LogP contribution in [0.2, 0.25) is 0 Å². The van der Waals surface area contributed by atoms with Crippen LogP contribution in [0.4, 0.5) is 0 Å². The second-order valence-electron chi connectivity index (χ2n) is 4.24. The number of rotatable bonds is 5. The normalized spacial score (nSPS) is 10.9. The summed E-state index contributed by atoms with van der Waals surface area (Å²) in [6.45, 7) is 4.81. The molecule has 18 heavy (non-hydrogen) atoms. The van der Waals surface area contributed by atoms with Crippen molar-refractivity contribution in [2.75, 3.05) is 7.11 Å². The number of methoxy groups -OCH3 is 1. The molecule has 1 aromatic heterocycles. The predicted molar refractivity (Wildman–Crippen MR) is 67.7 cm³/mol. The van der Waals surface area contributed by atoms with Crippen LogP contribution >= 0.6 is 0 Å². The number of nitrogens with one attached hydrogen (secondary N) is 1. The van der Waals surface area contributed by atoms with Gasteiger partial charge in [0, 0.05) is 6.04 Å². The summed E-state index contributed by atoms with van der Waals surface area (Å²) >= 11 is 0. The third-order valence-corrected chi connectivity index (χ3v) is 2.52. The maximum absolute atomic E-state index is 5.12. The van der Waals surface area contributed by atoms with Crippen LogP contribution in [0.5, 0.6) is 5.75 Å². The van der Waals surface area contributed by atoms with Crippen molar-refractivity contribution < 1.29 is 4.74 Å². The van der Waals surface area contributed by atoms with Crippen molar-refractivity contribution >= 4 is 0 Å². The summed E-state index contributed by atoms with van der Waals surface area (Å²) in [6, 6.07) is 8.01. The quantitative estimate of drug-likeness (QED) is 0.859. The molecule has 0 bridgehead atoms. The van der Waals surface area contributed by atoms with E-state index in [1.165, 1.54) is 0 Å². The van der Waals surface area contributed by atoms with Crippen molar-refractivity contribution in [3.05, 3.63) is 30.1 Å². The lowest BCUT2D eigenvalue weighted by molar-refractivity contribution is 0.414. The monoisotopic (exact) mass is 247 g/mol. The maximum atomic E-state index is 5.12. The molecule has 2 aromatic rings. The fourth-order valence-electron chi connectivity index (χ4n) is 1.54. The fourth-order valence-corrected chi connectivity index (χ4v) is 1.54. The highest BCUT2D eigenvalue weighted by Crippen LogP contribution is 2.14. The second-order valence-corrected chi connectivity index (χ2v) is 4.24. The van der Waals surface area contributed by atoms with Crippen LogP contribution in [0.15, 0.2) is 24.3 Å². The van der Waals surface area contributed by atoms with Crippen molar-refractivity contribution in [2.45, 2.75) is 26.4 Å². The molecule has 0 saturated heterocycles. The van der Waals surface area contributed by atoms with Gasteiger partial charge in [0.1, 0.15) is 5.75 Å². The number of aromatic nitrogens is 4. The van der Waals surface area contributed by atoms with E-state index in [-0.39, 0.29) is 0 Å². The zero-order valence-electron chi connectivity index (χ0n) is 10.8. The first-order chi connectivity index (χ1) is 8.70. The Balaban J connectivity index is 2.19. The minimum Gasteiger partial charge on any atom is -0.497 e. The molecule has 6 heteroatoms. The standard InChI is InChI=1S/C12H17N5O/c1-9(2)13-8-12-14-15-16-17(12)10-4-6-11(18-3)7-5-10/h4-7,9,13H,8H2,1-3H3. The van der Waals surface area contributed by atoms with Gasteiger partial charge in [-0.1, -0.05) is 13.8 Å². The van der Waals surface area contributed by atoms with E-state index in [9.17, 15) is 0 Å². The Bertz CT molecular complexity index is 491. The molecule has 96 valence electrons. The summed E-state index contributed by atoms with van der Waals surface area (Å²) in [4.78, 5) is 0. The molecule has 1 N–H and O–H groups in total. The molecule has 0 amide bonds. The summed E-state index contributed by atoms with van der Waals surface area (Å²) in [6.07, 6.45) is 0. The van der Waals surface area contributed by atoms with Gasteiger partial charge in [-0.2, -0.15) is 4.68 Å². The van der Waals surface area contributed by atoms with Crippen LogP contribution < -0.4 is 10.1 Å². The van der Waals surface area contributed by atoms with Gasteiger partial charge in [0.25, 0.3) is 0 Å². The summed E-state index contributed by atoms with van der Waals surface area (Å²) in [5.74, 6) is 1.60. The van der Waals surface area contributed by atoms with E-state index in [4.69, 9.17) is 4.74 Å². The lowest BCUT2D eigenvalue weighted by Gasteiger charge is -2.08. The molecule has 0 spiro atoms. The van der Waals surface area contributed by atoms with Crippen LogP contribution in [0, 0.1) is 0 Å². The van der Waals surface area contributed by atoms with Crippen LogP contribution in [0.1, 0.15) is 19.7 Å². The Morgan fingerprint density at radius 1 is 1.28 bits per heavy atom. The smallest absolute Gasteiger partial charge is 0.170 e. The third-order valence-electron chi connectivity index (χ3n) is 2.52. The Hall–Kier alpha value is -1.95. The molecule has 0 saturated carbocycles. The molecule has 0 aliphatic carbocycles. The second kappa shape index (κ2) is 5.59. The molecule has 1 heterocycles. The molecule has 0 unspecified atom stereocenters. The van der Waals surface area contributed by atoms with Gasteiger partial charge in [0.05, 0.1) is 19.3 Å². The summed E-state index contributed by atoms with van der Waals surface area (Å²) in [5.41, 5.74) is 0.918. The molecule has 2 rings (SSSR count). The van der Waals surface area contributed by atoms with Gasteiger partial charge in [-0.05, 0) is 34.7 Å². The molecule has 0 aliphatic heterocycles. The van der Waals surface area contributed by atoms with Gasteiger partial charge >= 0.3 is 0 Å². The SMILES string of the molecule is COc1ccc(-n2nnnc2CNC(C)C)cc1. The van der Waals surface area contributed by atoms with Crippen LogP contribution in [0.3, 0.4) is 0 Å². The van der Waals surface area contributed by atoms with E-state index in [1.807, 2.05) is 24.3 Å². The molecule has 6 nitrogen and oxygen atoms in total. The van der Waals surface area contributed by atoms with Crippen molar-refractivity contribution in [1.82, 2.24) is 25.5 Å². The van der Waals surface area contributed by atoms with E-state index >= 15 is 0 Å². The molecule has 0 aliphatic rings. The molecule has 0 atom stereocenters. The average Bonchev–Trinajstić information content (AvgIpc) is 2.85. The minimum atomic E-state index is 0.394. The van der Waals surface area contributed by atoms with E-state index < -0.39 is 0 Å². The van der Waals surface area contributed by atoms with Gasteiger partial charge in [0.2, 0.25) is 0 Å². The van der Waals surface area contributed by atoms with Crippen molar-refractivity contribution in [2.24, 2.45) is 0 Å². The first-order valence-corrected chi connectivity index (χ1v) is 5.86. The molecule has 0 radical (unpaired) electrons. The number of ether oxygens (including phenoxy) is 1. The largest absolute Gasteiger partial charge is 0.497 e. The number of hydrogen-bond acceptors (Lipinski definition) is 5. The number of nitrogens with zero attached hydrogens (tertiary/aromatic N) is 4. The Morgan fingerprint density at radius 3 is 2.61 bits per heavy atom. The Kier molecular flexibility index (Phi) is 3.88. The number of hydrogen-bond donors (Lipinski definition) is 1. The summed E-state index contributed by atoms with van der Waals surface area (Å²) < 4.78 is 6.84. The zero-order valence-corrected chi connectivity index (χ0v) is 10.8. The van der Waals surface area contributed by atoms with Gasteiger partial charge in [0.15, 0.2) is 5.82 Å². The van der Waals surface area contributed by atoms with Gasteiger partial charge in [-0.15, -0.1) is 5.10 Å². The third kappa shape index (κ3) is 2.84. The van der Waals surface area contributed by atoms with Crippen LogP contribution in [-0.4, -0.2) is 33.4 Å². The van der Waals surface area contributed by atoms with E-state index in [2.05, 4.69) is 34.7 Å². The van der Waals surface area contributed by atoms with E-state index in [0.29, 0.717) is 12.6 Å². The lowest BCUT2D eigenvalue weighted by Crippen LogP contribution is -2.24. The maximum Gasteiger partial charge on any atom is 0.170 e. The van der Waals surface area contributed by atoms with Crippen molar-refractivity contribution in [3.8, 4) is 11.4 Å². The highest BCUT2D eigenvalue weighted by atomic mass is 16.5. The predicted octanol–water partition coefficient (Wildman–Crippen LogP) is 1.17. The van der Waals surface area contributed by atoms with Gasteiger partial charge < -0.3 is 10.1 Å².